The van der Waals surface area contributed by atoms with Gasteiger partial charge in [0.25, 0.3) is 0 Å². The molecule has 1 aromatic rings. The van der Waals surface area contributed by atoms with Crippen molar-refractivity contribution in [3.8, 4) is 0 Å². The van der Waals surface area contributed by atoms with Gasteiger partial charge in [-0.2, -0.15) is 0 Å². The molecule has 1 nitrogen and oxygen atoms in total. The van der Waals surface area contributed by atoms with E-state index in [4.69, 9.17) is 4.42 Å². The maximum Gasteiger partial charge on any atom is 0.0937 e. The van der Waals surface area contributed by atoms with Gasteiger partial charge in [0.1, 0.15) is 0 Å². The highest BCUT2D eigenvalue weighted by Gasteiger charge is 2.18. The summed E-state index contributed by atoms with van der Waals surface area (Å²) in [4.78, 5) is 0. The Morgan fingerprint density at radius 3 is 2.69 bits per heavy atom. The molecule has 1 aromatic heterocycles. The van der Waals surface area contributed by atoms with Crippen molar-refractivity contribution in [3.63, 3.8) is 0 Å². The highest BCUT2D eigenvalue weighted by atomic mass is 16.3. The third-order valence-electron chi connectivity index (χ3n) is 3.05. The molecule has 0 unspecified atom stereocenters. The van der Waals surface area contributed by atoms with E-state index in [9.17, 15) is 0 Å². The van der Waals surface area contributed by atoms with E-state index in [1.54, 1.807) is 11.8 Å². The van der Waals surface area contributed by atoms with Crippen LogP contribution in [-0.2, 0) is 0 Å². The highest BCUT2D eigenvalue weighted by Crippen LogP contribution is 2.35. The first-order valence-corrected chi connectivity index (χ1v) is 5.06. The number of allylic oxidation sites excluding steroid dienone is 2. The van der Waals surface area contributed by atoms with E-state index in [0.29, 0.717) is 0 Å². The van der Waals surface area contributed by atoms with Crippen molar-refractivity contribution >= 4 is 0 Å². The smallest absolute Gasteiger partial charge is 0.0937 e. The summed E-state index contributed by atoms with van der Waals surface area (Å²) in [7, 11) is 0. The maximum absolute atomic E-state index is 5.11. The van der Waals surface area contributed by atoms with Gasteiger partial charge in [-0.3, -0.25) is 0 Å². The molecule has 13 heavy (non-hydrogen) atoms. The van der Waals surface area contributed by atoms with Crippen molar-refractivity contribution in [1.82, 2.24) is 0 Å². The minimum Gasteiger partial charge on any atom is -0.472 e. The molecule has 0 aromatic carbocycles. The largest absolute Gasteiger partial charge is 0.472 e. The average molecular weight is 176 g/mol. The van der Waals surface area contributed by atoms with Crippen LogP contribution in [0.5, 0.6) is 0 Å². The van der Waals surface area contributed by atoms with Gasteiger partial charge < -0.3 is 4.42 Å². The molecule has 0 bridgehead atoms. The molecule has 1 heteroatoms. The molecular formula is C12H16O. The van der Waals surface area contributed by atoms with Crippen LogP contribution < -0.4 is 0 Å². The Morgan fingerprint density at radius 2 is 2.15 bits per heavy atom. The third-order valence-corrected chi connectivity index (χ3v) is 3.05. The van der Waals surface area contributed by atoms with Crippen LogP contribution in [0.3, 0.4) is 0 Å². The van der Waals surface area contributed by atoms with Gasteiger partial charge in [0, 0.05) is 0 Å². The van der Waals surface area contributed by atoms with Crippen LogP contribution in [0, 0.1) is 0 Å². The van der Waals surface area contributed by atoms with Crippen LogP contribution >= 0.6 is 0 Å². The molecule has 0 N–H and O–H groups in total. The molecule has 0 saturated heterocycles. The number of furan rings is 1. The Labute approximate surface area is 79.4 Å². The van der Waals surface area contributed by atoms with E-state index in [1.807, 2.05) is 6.26 Å². The molecule has 0 atom stereocenters. The van der Waals surface area contributed by atoms with E-state index >= 15 is 0 Å². The Bertz CT molecular complexity index is 272. The second-order valence-electron chi connectivity index (χ2n) is 3.78. The van der Waals surface area contributed by atoms with E-state index in [2.05, 4.69) is 19.1 Å². The lowest BCUT2D eigenvalue weighted by atomic mass is 9.82. The molecule has 1 aliphatic rings. The van der Waals surface area contributed by atoms with Crippen molar-refractivity contribution < 1.29 is 4.42 Å². The summed E-state index contributed by atoms with van der Waals surface area (Å²) in [6.45, 7) is 2.15. The second kappa shape index (κ2) is 3.82. The fourth-order valence-corrected chi connectivity index (χ4v) is 2.12. The predicted molar refractivity (Wildman–Crippen MR) is 53.7 cm³/mol. The summed E-state index contributed by atoms with van der Waals surface area (Å²) in [5.41, 5.74) is 3.01. The van der Waals surface area contributed by atoms with E-state index in [0.717, 1.165) is 5.92 Å². The highest BCUT2D eigenvalue weighted by molar-refractivity contribution is 5.16. The summed E-state index contributed by atoms with van der Waals surface area (Å²) < 4.78 is 5.11. The monoisotopic (exact) mass is 176 g/mol. The van der Waals surface area contributed by atoms with Crippen molar-refractivity contribution in [2.45, 2.75) is 38.5 Å². The fourth-order valence-electron chi connectivity index (χ4n) is 2.12. The zero-order valence-electron chi connectivity index (χ0n) is 8.12. The molecule has 0 amide bonds. The van der Waals surface area contributed by atoms with Crippen LogP contribution in [0.1, 0.15) is 44.1 Å². The number of hydrogen-bond donors (Lipinski definition) is 0. The van der Waals surface area contributed by atoms with Crippen molar-refractivity contribution in [2.75, 3.05) is 0 Å². The van der Waals surface area contributed by atoms with Gasteiger partial charge in [-0.15, -0.1) is 0 Å². The van der Waals surface area contributed by atoms with Gasteiger partial charge in [0.05, 0.1) is 12.5 Å². The third kappa shape index (κ3) is 1.85. The molecule has 0 aliphatic heterocycles. The lowest BCUT2D eigenvalue weighted by Crippen LogP contribution is -2.05. The summed E-state index contributed by atoms with van der Waals surface area (Å²) in [5, 5.41) is 0. The van der Waals surface area contributed by atoms with Gasteiger partial charge in [-0.1, -0.05) is 11.6 Å². The van der Waals surface area contributed by atoms with Crippen LogP contribution in [0.2, 0.25) is 0 Å². The Kier molecular flexibility index (Phi) is 2.53. The van der Waals surface area contributed by atoms with Crippen LogP contribution in [-0.4, -0.2) is 0 Å². The standard InChI is InChI=1S/C12H16O/c1-2-10-3-5-11(6-4-10)12-7-8-13-9-12/h2,7-9,11H,3-6H2,1H3. The summed E-state index contributed by atoms with van der Waals surface area (Å²) in [5.74, 6) is 0.738. The molecule has 1 fully saturated rings. The Balaban J connectivity index is 1.99. The number of rotatable bonds is 1. The summed E-state index contributed by atoms with van der Waals surface area (Å²) in [6, 6.07) is 2.10. The van der Waals surface area contributed by atoms with E-state index in [-0.39, 0.29) is 0 Å². The zero-order chi connectivity index (χ0) is 9.10. The van der Waals surface area contributed by atoms with Crippen LogP contribution in [0.4, 0.5) is 0 Å². The van der Waals surface area contributed by atoms with Gasteiger partial charge in [-0.05, 0) is 50.2 Å². The van der Waals surface area contributed by atoms with Crippen molar-refractivity contribution in [1.29, 1.82) is 0 Å². The lowest BCUT2D eigenvalue weighted by molar-refractivity contribution is 0.503. The zero-order valence-corrected chi connectivity index (χ0v) is 8.12. The van der Waals surface area contributed by atoms with Gasteiger partial charge in [0.2, 0.25) is 0 Å². The number of hydrogen-bond acceptors (Lipinski definition) is 1. The van der Waals surface area contributed by atoms with Crippen molar-refractivity contribution in [2.24, 2.45) is 0 Å². The van der Waals surface area contributed by atoms with Gasteiger partial charge in [0.15, 0.2) is 0 Å². The first-order chi connectivity index (χ1) is 6.40. The van der Waals surface area contributed by atoms with Crippen molar-refractivity contribution in [3.05, 3.63) is 35.8 Å². The quantitative estimate of drug-likeness (QED) is 0.592. The topological polar surface area (TPSA) is 13.1 Å². The summed E-state index contributed by atoms with van der Waals surface area (Å²) in [6.07, 6.45) is 11.1. The molecule has 1 saturated carbocycles. The average Bonchev–Trinajstić information content (AvgIpc) is 2.71. The Morgan fingerprint density at radius 1 is 1.38 bits per heavy atom. The van der Waals surface area contributed by atoms with Gasteiger partial charge >= 0.3 is 0 Å². The fraction of sp³-hybridized carbons (Fsp3) is 0.500. The predicted octanol–water partition coefficient (Wildman–Crippen LogP) is 3.88. The van der Waals surface area contributed by atoms with Crippen LogP contribution in [0.25, 0.3) is 0 Å². The molecule has 1 heterocycles. The normalized spacial score (nSPS) is 23.2. The molecular weight excluding hydrogens is 160 g/mol. The van der Waals surface area contributed by atoms with E-state index < -0.39 is 0 Å². The molecule has 2 rings (SSSR count). The SMILES string of the molecule is CC=C1CCC(c2ccoc2)CC1. The summed E-state index contributed by atoms with van der Waals surface area (Å²) >= 11 is 0. The lowest BCUT2D eigenvalue weighted by Gasteiger charge is -2.22. The first-order valence-electron chi connectivity index (χ1n) is 5.06. The molecule has 70 valence electrons. The van der Waals surface area contributed by atoms with Gasteiger partial charge in [-0.25, -0.2) is 0 Å². The minimum absolute atomic E-state index is 0.738. The van der Waals surface area contributed by atoms with E-state index in [1.165, 1.54) is 31.2 Å². The minimum atomic E-state index is 0.738. The molecule has 1 aliphatic carbocycles. The first kappa shape index (κ1) is 8.61. The second-order valence-corrected chi connectivity index (χ2v) is 3.78. The Hall–Kier alpha value is -0.980. The molecule has 0 spiro atoms. The van der Waals surface area contributed by atoms with Crippen LogP contribution in [0.15, 0.2) is 34.7 Å². The molecule has 0 radical (unpaired) electrons. The maximum atomic E-state index is 5.11.